The molecule has 0 aromatic heterocycles. The van der Waals surface area contributed by atoms with Crippen LogP contribution in [0.5, 0.6) is 0 Å². The number of hydrogen-bond acceptors (Lipinski definition) is 3. The van der Waals surface area contributed by atoms with Crippen LogP contribution in [0.2, 0.25) is 0 Å². The molecule has 0 fully saturated rings. The highest BCUT2D eigenvalue weighted by Crippen LogP contribution is 2.33. The van der Waals surface area contributed by atoms with Crippen molar-refractivity contribution in [3.05, 3.63) is 12.3 Å². The molecule has 1 atom stereocenters. The average molecular weight is 300 g/mol. The Bertz CT molecular complexity index is 289. The van der Waals surface area contributed by atoms with Gasteiger partial charge >= 0.3 is 5.97 Å². The SMILES string of the molecule is CC=COCCC(CCO)(CCCCCCCC)C(=O)O. The Hall–Kier alpha value is -1.03. The highest BCUT2D eigenvalue weighted by molar-refractivity contribution is 5.74. The number of carbonyl (C=O) groups is 1. The fraction of sp³-hybridized carbons (Fsp3) is 0.824. The number of ether oxygens (including phenoxy) is 1. The summed E-state index contributed by atoms with van der Waals surface area (Å²) >= 11 is 0. The van der Waals surface area contributed by atoms with Crippen molar-refractivity contribution in [1.29, 1.82) is 0 Å². The zero-order valence-electron chi connectivity index (χ0n) is 13.6. The van der Waals surface area contributed by atoms with Crippen LogP contribution >= 0.6 is 0 Å². The van der Waals surface area contributed by atoms with Crippen LogP contribution < -0.4 is 0 Å². The molecule has 2 N–H and O–H groups in total. The van der Waals surface area contributed by atoms with Crippen molar-refractivity contribution in [1.82, 2.24) is 0 Å². The second-order valence-electron chi connectivity index (χ2n) is 5.67. The summed E-state index contributed by atoms with van der Waals surface area (Å²) < 4.78 is 5.27. The largest absolute Gasteiger partial charge is 0.502 e. The Labute approximate surface area is 129 Å². The van der Waals surface area contributed by atoms with Crippen LogP contribution in [-0.4, -0.2) is 29.4 Å². The lowest BCUT2D eigenvalue weighted by Gasteiger charge is -2.28. The fourth-order valence-electron chi connectivity index (χ4n) is 2.57. The molecule has 4 nitrogen and oxygen atoms in total. The second-order valence-corrected chi connectivity index (χ2v) is 5.67. The van der Waals surface area contributed by atoms with Crippen molar-refractivity contribution in [2.45, 2.75) is 71.6 Å². The molecule has 0 aromatic rings. The fourth-order valence-corrected chi connectivity index (χ4v) is 2.57. The van der Waals surface area contributed by atoms with E-state index in [0.29, 0.717) is 25.9 Å². The summed E-state index contributed by atoms with van der Waals surface area (Å²) in [6.45, 7) is 4.33. The number of hydrogen-bond donors (Lipinski definition) is 2. The predicted molar refractivity (Wildman–Crippen MR) is 85.1 cm³/mol. The number of rotatable bonds is 14. The third-order valence-corrected chi connectivity index (χ3v) is 3.98. The van der Waals surface area contributed by atoms with Crippen molar-refractivity contribution in [3.63, 3.8) is 0 Å². The minimum Gasteiger partial charge on any atom is -0.502 e. The molecule has 0 aliphatic heterocycles. The van der Waals surface area contributed by atoms with Gasteiger partial charge in [0.15, 0.2) is 0 Å². The van der Waals surface area contributed by atoms with Crippen LogP contribution in [0.15, 0.2) is 12.3 Å². The van der Waals surface area contributed by atoms with Gasteiger partial charge in [0.05, 0.1) is 18.3 Å². The molecule has 4 heteroatoms. The maximum atomic E-state index is 11.7. The summed E-state index contributed by atoms with van der Waals surface area (Å²) in [5.41, 5.74) is -0.846. The molecule has 0 aromatic carbocycles. The van der Waals surface area contributed by atoms with E-state index >= 15 is 0 Å². The Morgan fingerprint density at radius 3 is 2.33 bits per heavy atom. The first-order valence-corrected chi connectivity index (χ1v) is 8.20. The average Bonchev–Trinajstić information content (AvgIpc) is 2.46. The smallest absolute Gasteiger partial charge is 0.309 e. The normalized spacial score (nSPS) is 14.2. The number of allylic oxidation sites excluding steroid dienone is 1. The van der Waals surface area contributed by atoms with Gasteiger partial charge in [-0.05, 0) is 26.2 Å². The first kappa shape index (κ1) is 20.0. The molecule has 0 aliphatic rings. The van der Waals surface area contributed by atoms with Crippen LogP contribution in [0.3, 0.4) is 0 Å². The quantitative estimate of drug-likeness (QED) is 0.374. The number of aliphatic hydroxyl groups is 1. The van der Waals surface area contributed by atoms with Gasteiger partial charge in [0.1, 0.15) is 0 Å². The van der Waals surface area contributed by atoms with E-state index in [0.717, 1.165) is 19.3 Å². The van der Waals surface area contributed by atoms with E-state index in [1.54, 1.807) is 12.3 Å². The molecular formula is C17H32O4. The molecule has 0 bridgehead atoms. The Balaban J connectivity index is 4.31. The zero-order chi connectivity index (χ0) is 16.0. The van der Waals surface area contributed by atoms with Crippen LogP contribution in [0.1, 0.15) is 71.6 Å². The Kier molecular flexibility index (Phi) is 12.1. The van der Waals surface area contributed by atoms with Crippen molar-refractivity contribution < 1.29 is 19.7 Å². The van der Waals surface area contributed by atoms with Gasteiger partial charge < -0.3 is 14.9 Å². The van der Waals surface area contributed by atoms with Gasteiger partial charge in [-0.3, -0.25) is 4.79 Å². The molecule has 124 valence electrons. The topological polar surface area (TPSA) is 66.8 Å². The summed E-state index contributed by atoms with van der Waals surface area (Å²) in [5, 5.41) is 18.8. The molecule has 0 saturated carbocycles. The molecule has 0 heterocycles. The molecule has 21 heavy (non-hydrogen) atoms. The minimum absolute atomic E-state index is 0.0915. The van der Waals surface area contributed by atoms with Crippen molar-refractivity contribution in [2.24, 2.45) is 5.41 Å². The maximum Gasteiger partial charge on any atom is 0.309 e. The minimum atomic E-state index is -0.846. The van der Waals surface area contributed by atoms with E-state index in [4.69, 9.17) is 4.74 Å². The van der Waals surface area contributed by atoms with Crippen molar-refractivity contribution in [3.8, 4) is 0 Å². The van der Waals surface area contributed by atoms with Crippen molar-refractivity contribution in [2.75, 3.05) is 13.2 Å². The number of carboxylic acid groups (broad SMARTS) is 1. The molecule has 0 saturated heterocycles. The van der Waals surface area contributed by atoms with Gasteiger partial charge in [-0.2, -0.15) is 0 Å². The first-order valence-electron chi connectivity index (χ1n) is 8.20. The highest BCUT2D eigenvalue weighted by atomic mass is 16.5. The number of carboxylic acids is 1. The Morgan fingerprint density at radius 1 is 1.10 bits per heavy atom. The second kappa shape index (κ2) is 12.7. The van der Waals surface area contributed by atoms with E-state index in [-0.39, 0.29) is 6.61 Å². The first-order chi connectivity index (χ1) is 10.1. The van der Waals surface area contributed by atoms with Crippen LogP contribution in [-0.2, 0) is 9.53 Å². The van der Waals surface area contributed by atoms with Gasteiger partial charge in [-0.25, -0.2) is 0 Å². The molecule has 0 amide bonds. The molecular weight excluding hydrogens is 268 g/mol. The van der Waals surface area contributed by atoms with Gasteiger partial charge in [-0.15, -0.1) is 0 Å². The van der Waals surface area contributed by atoms with Crippen LogP contribution in [0, 0.1) is 5.41 Å². The van der Waals surface area contributed by atoms with E-state index in [9.17, 15) is 15.0 Å². The van der Waals surface area contributed by atoms with Gasteiger partial charge in [0.2, 0.25) is 0 Å². The molecule has 0 radical (unpaired) electrons. The van der Waals surface area contributed by atoms with Gasteiger partial charge in [0, 0.05) is 6.61 Å². The van der Waals surface area contributed by atoms with Gasteiger partial charge in [-0.1, -0.05) is 51.5 Å². The third-order valence-electron chi connectivity index (χ3n) is 3.98. The monoisotopic (exact) mass is 300 g/mol. The maximum absolute atomic E-state index is 11.7. The predicted octanol–water partition coefficient (Wildman–Crippen LogP) is 4.13. The summed E-state index contributed by atoms with van der Waals surface area (Å²) in [6, 6.07) is 0. The highest BCUT2D eigenvalue weighted by Gasteiger charge is 2.37. The lowest BCUT2D eigenvalue weighted by molar-refractivity contribution is -0.151. The summed E-state index contributed by atoms with van der Waals surface area (Å²) in [7, 11) is 0. The van der Waals surface area contributed by atoms with Gasteiger partial charge in [0.25, 0.3) is 0 Å². The summed E-state index contributed by atoms with van der Waals surface area (Å²) in [6.07, 6.45) is 11.5. The van der Waals surface area contributed by atoms with Crippen molar-refractivity contribution >= 4 is 5.97 Å². The lowest BCUT2D eigenvalue weighted by atomic mass is 9.77. The molecule has 0 spiro atoms. The lowest BCUT2D eigenvalue weighted by Crippen LogP contribution is -2.33. The summed E-state index contributed by atoms with van der Waals surface area (Å²) in [4.78, 5) is 11.7. The van der Waals surface area contributed by atoms with E-state index < -0.39 is 11.4 Å². The number of aliphatic hydroxyl groups excluding tert-OH is 1. The standard InChI is InChI=1S/C17H32O4/c1-3-5-6-7-8-9-10-17(11-13-18,16(19)20)12-15-21-14-4-2/h4,14,18H,3,5-13,15H2,1-2H3,(H,19,20). The van der Waals surface area contributed by atoms with E-state index in [2.05, 4.69) is 6.92 Å². The zero-order valence-corrected chi connectivity index (χ0v) is 13.6. The van der Waals surface area contributed by atoms with Crippen LogP contribution in [0.4, 0.5) is 0 Å². The van der Waals surface area contributed by atoms with Crippen LogP contribution in [0.25, 0.3) is 0 Å². The molecule has 1 unspecified atom stereocenters. The number of aliphatic carboxylic acids is 1. The molecule has 0 aliphatic carbocycles. The van der Waals surface area contributed by atoms with E-state index in [1.165, 1.54) is 19.3 Å². The number of unbranched alkanes of at least 4 members (excludes halogenated alkanes) is 5. The molecule has 0 rings (SSSR count). The van der Waals surface area contributed by atoms with E-state index in [1.807, 2.05) is 6.92 Å². The Morgan fingerprint density at radius 2 is 1.76 bits per heavy atom. The summed E-state index contributed by atoms with van der Waals surface area (Å²) in [5.74, 6) is -0.811. The third kappa shape index (κ3) is 8.76.